The molecule has 3 heterocycles. The second-order valence-electron chi connectivity index (χ2n) is 7.73. The van der Waals surface area contributed by atoms with Crippen molar-refractivity contribution >= 4 is 28.6 Å². The van der Waals surface area contributed by atoms with Gasteiger partial charge < -0.3 is 20.7 Å². The van der Waals surface area contributed by atoms with Gasteiger partial charge in [-0.25, -0.2) is 9.97 Å². The molecule has 2 atom stereocenters. The zero-order valence-electron chi connectivity index (χ0n) is 15.2. The van der Waals surface area contributed by atoms with Crippen molar-refractivity contribution in [1.82, 2.24) is 19.9 Å². The number of nitrogens with zero attached hydrogens (tertiary/aromatic N) is 3. The highest BCUT2D eigenvalue weighted by atomic mass is 32.2. The summed E-state index contributed by atoms with van der Waals surface area (Å²) in [7, 11) is 0. The van der Waals surface area contributed by atoms with Crippen LogP contribution in [0.15, 0.2) is 12.5 Å². The first-order valence-corrected chi connectivity index (χ1v) is 10.8. The van der Waals surface area contributed by atoms with Gasteiger partial charge in [-0.15, -0.1) is 0 Å². The number of hydrogen-bond donors (Lipinski definition) is 3. The fraction of sp³-hybridized carbons (Fsp3) is 0.684. The van der Waals surface area contributed by atoms with Gasteiger partial charge in [0.25, 0.3) is 0 Å². The zero-order chi connectivity index (χ0) is 17.9. The Kier molecular flexibility index (Phi) is 5.66. The lowest BCUT2D eigenvalue weighted by molar-refractivity contribution is 0.150. The van der Waals surface area contributed by atoms with Crippen LogP contribution in [0.1, 0.15) is 37.7 Å². The number of rotatable bonds is 6. The Balaban J connectivity index is 1.28. The molecular weight excluding hydrogens is 346 g/mol. The lowest BCUT2D eigenvalue weighted by atomic mass is 10.0. The lowest BCUT2D eigenvalue weighted by Crippen LogP contribution is -2.24. The highest BCUT2D eigenvalue weighted by Gasteiger charge is 2.31. The van der Waals surface area contributed by atoms with Crippen molar-refractivity contribution in [2.24, 2.45) is 5.92 Å². The van der Waals surface area contributed by atoms with E-state index in [0.717, 1.165) is 48.1 Å². The second kappa shape index (κ2) is 8.15. The molecule has 0 amide bonds. The Labute approximate surface area is 159 Å². The Bertz CT molecular complexity index is 730. The first-order valence-electron chi connectivity index (χ1n) is 9.79. The van der Waals surface area contributed by atoms with Gasteiger partial charge in [0.1, 0.15) is 11.8 Å². The van der Waals surface area contributed by atoms with Crippen LogP contribution in [-0.4, -0.2) is 61.7 Å². The summed E-state index contributed by atoms with van der Waals surface area (Å²) in [6, 6.07) is 0. The normalized spacial score (nSPS) is 25.3. The third kappa shape index (κ3) is 4.00. The average Bonchev–Trinajstić information content (AvgIpc) is 3.23. The number of hydrogen-bond acceptors (Lipinski definition) is 6. The fourth-order valence-electron chi connectivity index (χ4n) is 4.26. The molecular formula is C19H29N5OS. The molecule has 0 aromatic carbocycles. The van der Waals surface area contributed by atoms with E-state index in [1.54, 1.807) is 0 Å². The van der Waals surface area contributed by atoms with E-state index in [4.69, 9.17) is 5.73 Å². The Hall–Kier alpha value is -1.31. The molecule has 2 fully saturated rings. The van der Waals surface area contributed by atoms with E-state index in [1.807, 2.05) is 6.20 Å². The van der Waals surface area contributed by atoms with Crippen molar-refractivity contribution in [3.8, 4) is 0 Å². The number of fused-ring (bicyclic) bond motifs is 1. The van der Waals surface area contributed by atoms with E-state index in [1.165, 1.54) is 44.0 Å². The molecule has 1 saturated heterocycles. The minimum Gasteiger partial charge on any atom is -0.391 e. The number of β-amino-alcohol motifs (C(OH)–C–C–N with tert-alkyl or cyclic N) is 1. The Morgan fingerprint density at radius 3 is 2.92 bits per heavy atom. The molecule has 0 spiro atoms. The van der Waals surface area contributed by atoms with E-state index >= 15 is 0 Å². The number of aliphatic hydroxyl groups excluding tert-OH is 1. The highest BCUT2D eigenvalue weighted by molar-refractivity contribution is 7.99. The maximum atomic E-state index is 10.5. The summed E-state index contributed by atoms with van der Waals surface area (Å²) in [5.74, 6) is 2.00. The quantitative estimate of drug-likeness (QED) is 0.718. The van der Waals surface area contributed by atoms with Gasteiger partial charge >= 0.3 is 0 Å². The minimum atomic E-state index is -0.188. The second-order valence-corrected chi connectivity index (χ2v) is 9.06. The number of likely N-dealkylation sites (tertiary alicyclic amines) is 1. The van der Waals surface area contributed by atoms with Crippen LogP contribution >= 0.6 is 11.8 Å². The lowest BCUT2D eigenvalue weighted by Gasteiger charge is -2.23. The summed E-state index contributed by atoms with van der Waals surface area (Å²) in [6.07, 6.45) is 11.1. The maximum Gasteiger partial charge on any atom is 0.151 e. The third-order valence-electron chi connectivity index (χ3n) is 5.85. The van der Waals surface area contributed by atoms with Crippen LogP contribution in [0, 0.1) is 5.92 Å². The smallest absolute Gasteiger partial charge is 0.151 e. The number of aromatic amines is 1. The standard InChI is InChI=1S/C19H29N5OS/c20-19-18-17(22-12-23-19)13(8-21-18)6-7-24-9-14(16(25)10-24)11-26-15-4-2-1-3-5-15/h8,12,14-16,21,25H,1-7,9-11H2,(H2,20,22,23)/t14-,16+/m1/s1. The number of aromatic nitrogens is 3. The topological polar surface area (TPSA) is 91.1 Å². The van der Waals surface area contributed by atoms with Crippen molar-refractivity contribution in [3.63, 3.8) is 0 Å². The summed E-state index contributed by atoms with van der Waals surface area (Å²) in [4.78, 5) is 14.0. The van der Waals surface area contributed by atoms with Crippen molar-refractivity contribution in [1.29, 1.82) is 0 Å². The van der Waals surface area contributed by atoms with Gasteiger partial charge in [-0.3, -0.25) is 0 Å². The largest absolute Gasteiger partial charge is 0.391 e. The molecule has 0 unspecified atom stereocenters. The van der Waals surface area contributed by atoms with E-state index in [2.05, 4.69) is 31.6 Å². The molecule has 1 saturated carbocycles. The summed E-state index contributed by atoms with van der Waals surface area (Å²) in [5, 5.41) is 11.3. The molecule has 6 nitrogen and oxygen atoms in total. The maximum absolute atomic E-state index is 10.5. The first-order chi connectivity index (χ1) is 12.7. The van der Waals surface area contributed by atoms with Gasteiger partial charge in [0.05, 0.1) is 11.6 Å². The zero-order valence-corrected chi connectivity index (χ0v) is 16.0. The number of aliphatic hydroxyl groups is 1. The van der Waals surface area contributed by atoms with Crippen molar-refractivity contribution < 1.29 is 5.11 Å². The molecule has 7 heteroatoms. The molecule has 0 bridgehead atoms. The number of nitrogens with two attached hydrogens (primary N) is 1. The minimum absolute atomic E-state index is 0.188. The molecule has 1 aliphatic carbocycles. The molecule has 1 aliphatic heterocycles. The van der Waals surface area contributed by atoms with Crippen LogP contribution in [0.3, 0.4) is 0 Å². The highest BCUT2D eigenvalue weighted by Crippen LogP contribution is 2.31. The van der Waals surface area contributed by atoms with E-state index < -0.39 is 0 Å². The predicted octanol–water partition coefficient (Wildman–Crippen LogP) is 2.44. The monoisotopic (exact) mass is 375 g/mol. The summed E-state index contributed by atoms with van der Waals surface area (Å²) in [6.45, 7) is 2.73. The molecule has 142 valence electrons. The molecule has 0 radical (unpaired) electrons. The first kappa shape index (κ1) is 18.1. The summed E-state index contributed by atoms with van der Waals surface area (Å²) < 4.78 is 0. The van der Waals surface area contributed by atoms with Gasteiger partial charge in [-0.2, -0.15) is 11.8 Å². The molecule has 26 heavy (non-hydrogen) atoms. The van der Waals surface area contributed by atoms with Crippen LogP contribution in [0.25, 0.3) is 11.0 Å². The Morgan fingerprint density at radius 2 is 2.08 bits per heavy atom. The van der Waals surface area contributed by atoms with Crippen LogP contribution in [-0.2, 0) is 6.42 Å². The van der Waals surface area contributed by atoms with Gasteiger partial charge in [0.2, 0.25) is 0 Å². The van der Waals surface area contributed by atoms with E-state index in [-0.39, 0.29) is 6.10 Å². The number of nitrogens with one attached hydrogen (secondary N) is 1. The van der Waals surface area contributed by atoms with Crippen molar-refractivity contribution in [3.05, 3.63) is 18.1 Å². The predicted molar refractivity (Wildman–Crippen MR) is 107 cm³/mol. The number of thioether (sulfide) groups is 1. The van der Waals surface area contributed by atoms with Crippen molar-refractivity contribution in [2.75, 3.05) is 31.1 Å². The molecule has 4 rings (SSSR count). The fourth-order valence-corrected chi connectivity index (χ4v) is 5.77. The SMILES string of the molecule is Nc1ncnc2c(CCN3C[C@H](CSC4CCCCC4)[C@@H](O)C3)c[nH]c12. The summed E-state index contributed by atoms with van der Waals surface area (Å²) >= 11 is 2.10. The molecule has 2 aromatic rings. The number of H-pyrrole nitrogens is 1. The van der Waals surface area contributed by atoms with E-state index in [0.29, 0.717) is 11.7 Å². The van der Waals surface area contributed by atoms with Crippen LogP contribution in [0.5, 0.6) is 0 Å². The van der Waals surface area contributed by atoms with Gasteiger partial charge in [-0.1, -0.05) is 19.3 Å². The Morgan fingerprint density at radius 1 is 1.23 bits per heavy atom. The van der Waals surface area contributed by atoms with Gasteiger partial charge in [0.15, 0.2) is 5.82 Å². The van der Waals surface area contributed by atoms with Crippen molar-refractivity contribution in [2.45, 2.75) is 49.9 Å². The average molecular weight is 376 g/mol. The van der Waals surface area contributed by atoms with Gasteiger partial charge in [-0.05, 0) is 24.8 Å². The number of anilines is 1. The molecule has 2 aromatic heterocycles. The van der Waals surface area contributed by atoms with Crippen LogP contribution in [0.4, 0.5) is 5.82 Å². The van der Waals surface area contributed by atoms with Crippen LogP contribution < -0.4 is 5.73 Å². The summed E-state index contributed by atoms with van der Waals surface area (Å²) in [5.41, 5.74) is 8.80. The number of nitrogen functional groups attached to an aromatic ring is 1. The van der Waals surface area contributed by atoms with E-state index in [9.17, 15) is 5.11 Å². The molecule has 4 N–H and O–H groups in total. The third-order valence-corrected chi connectivity index (χ3v) is 7.41. The molecule has 2 aliphatic rings. The van der Waals surface area contributed by atoms with Gasteiger partial charge in [0, 0.05) is 42.8 Å². The van der Waals surface area contributed by atoms with Crippen LogP contribution in [0.2, 0.25) is 0 Å².